The summed E-state index contributed by atoms with van der Waals surface area (Å²) in [6, 6.07) is 14.8. The molecule has 1 heterocycles. The second-order valence-electron chi connectivity index (χ2n) is 8.24. The number of fused-ring (bicyclic) bond motifs is 1. The third-order valence-electron chi connectivity index (χ3n) is 5.16. The largest absolute Gasteiger partial charge is 0.356 e. The van der Waals surface area contributed by atoms with Crippen LogP contribution in [0.1, 0.15) is 38.4 Å². The lowest BCUT2D eigenvalue weighted by atomic mass is 10.1. The summed E-state index contributed by atoms with van der Waals surface area (Å²) in [6.07, 6.45) is 1.31. The minimum atomic E-state index is -0.350. The summed E-state index contributed by atoms with van der Waals surface area (Å²) in [5.74, 6) is -0.0622. The van der Waals surface area contributed by atoms with Crippen molar-refractivity contribution in [3.63, 3.8) is 0 Å². The molecule has 2 aromatic carbocycles. The van der Waals surface area contributed by atoms with Crippen LogP contribution < -0.4 is 16.2 Å². The molecule has 0 aliphatic heterocycles. The maximum absolute atomic E-state index is 13.1. The zero-order valence-corrected chi connectivity index (χ0v) is 18.9. The van der Waals surface area contributed by atoms with E-state index in [1.807, 2.05) is 44.2 Å². The highest BCUT2D eigenvalue weighted by Crippen LogP contribution is 2.13. The third-order valence-corrected chi connectivity index (χ3v) is 5.16. The maximum Gasteiger partial charge on any atom is 0.273 e. The Bertz CT molecular complexity index is 1150. The van der Waals surface area contributed by atoms with Gasteiger partial charge in [0, 0.05) is 25.1 Å². The molecule has 0 spiro atoms. The zero-order valence-electron chi connectivity index (χ0n) is 18.9. The van der Waals surface area contributed by atoms with Crippen molar-refractivity contribution in [3.8, 4) is 0 Å². The van der Waals surface area contributed by atoms with E-state index in [0.717, 1.165) is 6.42 Å². The van der Waals surface area contributed by atoms with Gasteiger partial charge >= 0.3 is 0 Å². The van der Waals surface area contributed by atoms with E-state index in [0.29, 0.717) is 29.2 Å². The number of nitrogens with zero attached hydrogens (tertiary/aromatic N) is 2. The molecule has 0 radical (unpaired) electrons. The molecule has 0 fully saturated rings. The Morgan fingerprint density at radius 1 is 1.03 bits per heavy atom. The van der Waals surface area contributed by atoms with Crippen LogP contribution in [0.4, 0.5) is 5.69 Å². The van der Waals surface area contributed by atoms with Gasteiger partial charge in [0.2, 0.25) is 11.8 Å². The summed E-state index contributed by atoms with van der Waals surface area (Å²) in [6.45, 7) is 6.57. The highest BCUT2D eigenvalue weighted by Gasteiger charge is 2.15. The summed E-state index contributed by atoms with van der Waals surface area (Å²) in [7, 11) is 0. The predicted octanol–water partition coefficient (Wildman–Crippen LogP) is 3.30. The van der Waals surface area contributed by atoms with Crippen LogP contribution in [0.15, 0.2) is 53.3 Å². The molecule has 0 saturated heterocycles. The van der Waals surface area contributed by atoms with Crippen molar-refractivity contribution in [1.82, 2.24) is 14.9 Å². The van der Waals surface area contributed by atoms with Gasteiger partial charge in [0.1, 0.15) is 12.2 Å². The molecule has 32 heavy (non-hydrogen) atoms. The molecule has 3 aromatic rings. The zero-order chi connectivity index (χ0) is 23.1. The third kappa shape index (κ3) is 6.03. The summed E-state index contributed by atoms with van der Waals surface area (Å²) in [4.78, 5) is 42.4. The average molecular weight is 435 g/mol. The Balaban J connectivity index is 1.80. The van der Waals surface area contributed by atoms with E-state index in [1.165, 1.54) is 10.1 Å². The number of benzene rings is 2. The Morgan fingerprint density at radius 2 is 1.75 bits per heavy atom. The molecule has 0 aliphatic carbocycles. The summed E-state index contributed by atoms with van der Waals surface area (Å²) in [5, 5.41) is 5.70. The minimum absolute atomic E-state index is 0.118. The van der Waals surface area contributed by atoms with Crippen molar-refractivity contribution in [2.24, 2.45) is 5.92 Å². The Morgan fingerprint density at radius 3 is 2.44 bits per heavy atom. The Hall–Kier alpha value is -3.48. The summed E-state index contributed by atoms with van der Waals surface area (Å²) < 4.78 is 1.43. The molecule has 0 saturated carbocycles. The number of aryl methyl sites for hydroxylation is 2. The predicted molar refractivity (Wildman–Crippen MR) is 127 cm³/mol. The van der Waals surface area contributed by atoms with Crippen LogP contribution in [0.25, 0.3) is 11.0 Å². The summed E-state index contributed by atoms with van der Waals surface area (Å²) in [5.41, 5.74) is 2.99. The fourth-order valence-electron chi connectivity index (χ4n) is 3.37. The number of carbonyl (C=O) groups excluding carboxylic acids is 2. The molecule has 0 aliphatic rings. The molecule has 0 atom stereocenters. The molecular weight excluding hydrogens is 404 g/mol. The second-order valence-corrected chi connectivity index (χ2v) is 8.24. The van der Waals surface area contributed by atoms with Gasteiger partial charge in [0.25, 0.3) is 5.56 Å². The quantitative estimate of drug-likeness (QED) is 0.540. The van der Waals surface area contributed by atoms with Crippen LogP contribution in [0.5, 0.6) is 0 Å². The molecular formula is C25H30N4O3. The molecule has 0 bridgehead atoms. The number of carbonyl (C=O) groups is 2. The fourth-order valence-corrected chi connectivity index (χ4v) is 3.37. The van der Waals surface area contributed by atoms with Gasteiger partial charge in [0.15, 0.2) is 0 Å². The van der Waals surface area contributed by atoms with Crippen molar-refractivity contribution in [2.45, 2.75) is 46.6 Å². The molecule has 168 valence electrons. The Labute approximate surface area is 187 Å². The lowest BCUT2D eigenvalue weighted by Gasteiger charge is -2.13. The van der Waals surface area contributed by atoms with Crippen molar-refractivity contribution >= 4 is 28.5 Å². The van der Waals surface area contributed by atoms with Crippen molar-refractivity contribution < 1.29 is 9.59 Å². The van der Waals surface area contributed by atoms with E-state index in [9.17, 15) is 14.4 Å². The number of aromatic nitrogens is 2. The molecule has 0 unspecified atom stereocenters. The van der Waals surface area contributed by atoms with Gasteiger partial charge in [-0.05, 0) is 42.2 Å². The fraction of sp³-hybridized carbons (Fsp3) is 0.360. The van der Waals surface area contributed by atoms with Gasteiger partial charge in [0.05, 0.1) is 11.0 Å². The van der Waals surface area contributed by atoms with E-state index in [1.54, 1.807) is 18.2 Å². The average Bonchev–Trinajstić information content (AvgIpc) is 2.79. The van der Waals surface area contributed by atoms with Crippen molar-refractivity contribution in [2.75, 3.05) is 11.9 Å². The first kappa shape index (κ1) is 23.2. The number of amides is 2. The lowest BCUT2D eigenvalue weighted by Crippen LogP contribution is -2.32. The molecule has 3 rings (SSSR count). The van der Waals surface area contributed by atoms with Gasteiger partial charge in [-0.1, -0.05) is 45.0 Å². The topological polar surface area (TPSA) is 93.1 Å². The van der Waals surface area contributed by atoms with Crippen LogP contribution in [0.3, 0.4) is 0 Å². The highest BCUT2D eigenvalue weighted by molar-refractivity contribution is 5.91. The monoisotopic (exact) mass is 434 g/mol. The number of anilines is 1. The normalized spacial score (nSPS) is 11.0. The molecule has 1 aromatic heterocycles. The number of rotatable bonds is 9. The number of para-hydroxylation sites is 2. The van der Waals surface area contributed by atoms with Crippen molar-refractivity contribution in [3.05, 3.63) is 70.1 Å². The van der Waals surface area contributed by atoms with Crippen molar-refractivity contribution in [1.29, 1.82) is 0 Å². The van der Waals surface area contributed by atoms with Gasteiger partial charge < -0.3 is 10.6 Å². The van der Waals surface area contributed by atoms with Gasteiger partial charge in [-0.15, -0.1) is 0 Å². The van der Waals surface area contributed by atoms with Crippen LogP contribution >= 0.6 is 0 Å². The highest BCUT2D eigenvalue weighted by atomic mass is 16.2. The molecule has 2 amide bonds. The first-order chi connectivity index (χ1) is 15.4. The molecule has 7 heteroatoms. The standard InChI is InChI=1S/C25H30N4O3/c1-4-18-9-11-19(12-10-18)27-24(31)16-29-22-8-6-5-7-20(22)28-21(25(29)32)13-14-23(30)26-15-17(2)3/h5-12,17H,4,13-16H2,1-3H3,(H,26,30)(H,27,31). The van der Waals surface area contributed by atoms with Gasteiger partial charge in [-0.3, -0.25) is 19.0 Å². The van der Waals surface area contributed by atoms with E-state index < -0.39 is 0 Å². The molecule has 7 nitrogen and oxygen atoms in total. The second kappa shape index (κ2) is 10.7. The van der Waals surface area contributed by atoms with E-state index >= 15 is 0 Å². The van der Waals surface area contributed by atoms with Crippen LogP contribution in [0.2, 0.25) is 0 Å². The first-order valence-corrected chi connectivity index (χ1v) is 11.0. The van der Waals surface area contributed by atoms with Crippen LogP contribution in [0, 0.1) is 5.92 Å². The van der Waals surface area contributed by atoms with E-state index in [-0.39, 0.29) is 42.5 Å². The van der Waals surface area contributed by atoms with Crippen LogP contribution in [-0.4, -0.2) is 27.9 Å². The van der Waals surface area contributed by atoms with Crippen LogP contribution in [-0.2, 0) is 29.0 Å². The maximum atomic E-state index is 13.1. The first-order valence-electron chi connectivity index (χ1n) is 11.0. The Kier molecular flexibility index (Phi) is 7.76. The number of hydrogen-bond donors (Lipinski definition) is 2. The lowest BCUT2D eigenvalue weighted by molar-refractivity contribution is -0.121. The summed E-state index contributed by atoms with van der Waals surface area (Å²) >= 11 is 0. The minimum Gasteiger partial charge on any atom is -0.356 e. The number of nitrogens with one attached hydrogen (secondary N) is 2. The van der Waals surface area contributed by atoms with Gasteiger partial charge in [-0.2, -0.15) is 0 Å². The smallest absolute Gasteiger partial charge is 0.273 e. The van der Waals surface area contributed by atoms with Gasteiger partial charge in [-0.25, -0.2) is 4.98 Å². The van der Waals surface area contributed by atoms with E-state index in [4.69, 9.17) is 0 Å². The SMILES string of the molecule is CCc1ccc(NC(=O)Cn2c(=O)c(CCC(=O)NCC(C)C)nc3ccccc32)cc1. The number of hydrogen-bond acceptors (Lipinski definition) is 4. The molecule has 2 N–H and O–H groups in total. The van der Waals surface area contributed by atoms with E-state index in [2.05, 4.69) is 22.5 Å².